The van der Waals surface area contributed by atoms with Crippen LogP contribution in [0.25, 0.3) is 0 Å². The second kappa shape index (κ2) is 16.6. The molecule has 0 heterocycles. The largest absolute Gasteiger partial charge is 0.529 e. The molecule has 31 heavy (non-hydrogen) atoms. The topological polar surface area (TPSA) is 64.6 Å². The van der Waals surface area contributed by atoms with E-state index in [1.807, 2.05) is 41.5 Å². The highest BCUT2D eigenvalue weighted by atomic mass is 28.4. The number of hydrogen-bond acceptors (Lipinski definition) is 7. The van der Waals surface area contributed by atoms with E-state index in [-0.39, 0.29) is 0 Å². The molecule has 0 radical (unpaired) electrons. The number of hydrogen-bond donors (Lipinski definition) is 0. The Kier molecular flexibility index (Phi) is 16.7. The summed E-state index contributed by atoms with van der Waals surface area (Å²) in [5.41, 5.74) is 4.17. The zero-order valence-corrected chi connectivity index (χ0v) is 25.7. The first-order valence-electron chi connectivity index (χ1n) is 11.6. The maximum atomic E-state index is 6.59. The van der Waals surface area contributed by atoms with Crippen molar-refractivity contribution >= 4 is 35.7 Å². The van der Waals surface area contributed by atoms with Crippen LogP contribution < -0.4 is 0 Å². The van der Waals surface area contributed by atoms with Gasteiger partial charge in [-0.05, 0) is 79.9 Å². The van der Waals surface area contributed by atoms with Crippen molar-refractivity contribution in [3.8, 4) is 0 Å². The van der Waals surface area contributed by atoms with Crippen LogP contribution in [0.5, 0.6) is 0 Å². The molecule has 0 saturated heterocycles. The number of allylic oxidation sites excluding steroid dienone is 2. The van der Waals surface area contributed by atoms with Crippen LogP contribution in [0.3, 0.4) is 0 Å². The second-order valence-corrected chi connectivity index (χ2v) is 17.2. The average molecular weight is 511 g/mol. The Morgan fingerprint density at radius 2 is 0.774 bits per heavy atom. The van der Waals surface area contributed by atoms with Gasteiger partial charge in [0, 0.05) is 39.6 Å². The molecule has 184 valence electrons. The van der Waals surface area contributed by atoms with Gasteiger partial charge >= 0.3 is 17.6 Å². The fourth-order valence-electron chi connectivity index (χ4n) is 3.02. The Morgan fingerprint density at radius 1 is 0.548 bits per heavy atom. The molecule has 2 atom stereocenters. The van der Waals surface area contributed by atoms with Gasteiger partial charge in [-0.2, -0.15) is 0 Å². The maximum absolute atomic E-state index is 6.59. The van der Waals surface area contributed by atoms with Crippen molar-refractivity contribution in [2.45, 2.75) is 68.5 Å². The molecule has 11 heteroatoms. The molecule has 0 aliphatic rings. The SMILES string of the molecule is CCO[Si](/C=C(\C)[SiH](C)O[SiH](C)/C(C)=C/[Si](OCC)(OCC)OCC)(OCC)OCC. The fraction of sp³-hybridized carbons (Fsp3) is 0.800. The van der Waals surface area contributed by atoms with Crippen LogP contribution >= 0.6 is 0 Å². The van der Waals surface area contributed by atoms with Gasteiger partial charge in [-0.25, -0.2) is 0 Å². The Hall–Kier alpha value is 0.0675. The van der Waals surface area contributed by atoms with Crippen molar-refractivity contribution in [2.75, 3.05) is 39.6 Å². The Morgan fingerprint density at radius 3 is 0.968 bits per heavy atom. The molecule has 0 aliphatic heterocycles. The molecule has 0 aromatic rings. The van der Waals surface area contributed by atoms with E-state index in [2.05, 4.69) is 38.3 Å². The summed E-state index contributed by atoms with van der Waals surface area (Å²) in [6.07, 6.45) is 0. The Bertz CT molecular complexity index is 466. The van der Waals surface area contributed by atoms with Gasteiger partial charge in [0.25, 0.3) is 0 Å². The summed E-state index contributed by atoms with van der Waals surface area (Å²) in [5.74, 6) is 0. The molecule has 0 spiro atoms. The minimum absolute atomic E-state index is 0.554. The van der Waals surface area contributed by atoms with Crippen LogP contribution in [0, 0.1) is 0 Å². The summed E-state index contributed by atoms with van der Waals surface area (Å²) in [4.78, 5) is 0. The van der Waals surface area contributed by atoms with Gasteiger partial charge in [0.15, 0.2) is 18.1 Å². The third kappa shape index (κ3) is 11.2. The van der Waals surface area contributed by atoms with Crippen LogP contribution in [0.15, 0.2) is 21.8 Å². The van der Waals surface area contributed by atoms with Gasteiger partial charge in [-0.1, -0.05) is 10.4 Å². The summed E-state index contributed by atoms with van der Waals surface area (Å²) >= 11 is 0. The molecule has 7 nitrogen and oxygen atoms in total. The third-order valence-corrected chi connectivity index (χ3v) is 17.2. The van der Waals surface area contributed by atoms with E-state index >= 15 is 0 Å². The third-order valence-electron chi connectivity index (χ3n) is 4.57. The zero-order valence-electron chi connectivity index (χ0n) is 21.4. The molecule has 2 unspecified atom stereocenters. The first-order chi connectivity index (χ1) is 14.7. The van der Waals surface area contributed by atoms with E-state index in [0.29, 0.717) is 39.6 Å². The zero-order chi connectivity index (χ0) is 23.9. The molecule has 0 aromatic carbocycles. The highest BCUT2D eigenvalue weighted by Gasteiger charge is 2.40. The van der Waals surface area contributed by atoms with Crippen LogP contribution in [0.4, 0.5) is 0 Å². The molecule has 0 rings (SSSR count). The standard InChI is InChI=1S/C20H46O7Si4/c1-11-21-30(22-12-2,23-13-3)17-19(7)28(9)27-29(10)20(8)18-31(24-14-4,25-15-5)26-16-6/h17-18,28-29H,11-16H2,1-10H3/b19-17+,20-18+. The van der Waals surface area contributed by atoms with E-state index in [1.165, 1.54) is 10.4 Å². The molecule has 0 aromatic heterocycles. The van der Waals surface area contributed by atoms with E-state index in [0.717, 1.165) is 0 Å². The Balaban J connectivity index is 5.55. The first kappa shape index (κ1) is 31.1. The van der Waals surface area contributed by atoms with Gasteiger partial charge in [0.05, 0.1) is 0 Å². The lowest BCUT2D eigenvalue weighted by Crippen LogP contribution is -2.46. The van der Waals surface area contributed by atoms with Crippen LogP contribution in [0.2, 0.25) is 13.1 Å². The lowest BCUT2D eigenvalue weighted by Gasteiger charge is -2.28. The molecular formula is C20H46O7Si4. The monoisotopic (exact) mass is 510 g/mol. The molecule has 0 fully saturated rings. The highest BCUT2D eigenvalue weighted by molar-refractivity contribution is 6.76. The summed E-state index contributed by atoms with van der Waals surface area (Å²) in [5, 5.41) is 2.38. The van der Waals surface area contributed by atoms with Gasteiger partial charge in [0.2, 0.25) is 0 Å². The van der Waals surface area contributed by atoms with Gasteiger partial charge in [0.1, 0.15) is 0 Å². The van der Waals surface area contributed by atoms with Crippen LogP contribution in [-0.4, -0.2) is 75.3 Å². The molecule has 0 amide bonds. The molecule has 0 N–H and O–H groups in total. The van der Waals surface area contributed by atoms with Crippen molar-refractivity contribution < 1.29 is 30.7 Å². The molecule has 0 aliphatic carbocycles. The average Bonchev–Trinajstić information content (AvgIpc) is 2.69. The Labute approximate surface area is 196 Å². The minimum atomic E-state index is -2.83. The van der Waals surface area contributed by atoms with E-state index < -0.39 is 35.7 Å². The van der Waals surface area contributed by atoms with Gasteiger partial charge < -0.3 is 30.7 Å². The first-order valence-corrected chi connectivity index (χ1v) is 19.6. The van der Waals surface area contributed by atoms with Crippen molar-refractivity contribution in [1.29, 1.82) is 0 Å². The lowest BCUT2D eigenvalue weighted by molar-refractivity contribution is 0.0833. The fourth-order valence-corrected chi connectivity index (χ4v) is 14.8. The van der Waals surface area contributed by atoms with Crippen molar-refractivity contribution in [3.05, 3.63) is 21.8 Å². The molecule has 0 saturated carbocycles. The normalized spacial score (nSPS) is 15.9. The second-order valence-electron chi connectivity index (χ2n) is 7.00. The number of rotatable bonds is 18. The summed E-state index contributed by atoms with van der Waals surface area (Å²) in [6, 6.07) is 0. The van der Waals surface area contributed by atoms with Crippen molar-refractivity contribution in [1.82, 2.24) is 0 Å². The quantitative estimate of drug-likeness (QED) is 0.259. The molecule has 0 bridgehead atoms. The van der Waals surface area contributed by atoms with Crippen LogP contribution in [0.1, 0.15) is 55.4 Å². The highest BCUT2D eigenvalue weighted by Crippen LogP contribution is 2.19. The summed E-state index contributed by atoms with van der Waals surface area (Å²) < 4.78 is 42.4. The van der Waals surface area contributed by atoms with Crippen LogP contribution in [-0.2, 0) is 30.7 Å². The van der Waals surface area contributed by atoms with E-state index in [9.17, 15) is 0 Å². The summed E-state index contributed by atoms with van der Waals surface area (Å²) in [6.45, 7) is 23.7. The van der Waals surface area contributed by atoms with Gasteiger partial charge in [-0.3, -0.25) is 0 Å². The molecular weight excluding hydrogens is 465 g/mol. The van der Waals surface area contributed by atoms with Crippen molar-refractivity contribution in [2.24, 2.45) is 0 Å². The predicted octanol–water partition coefficient (Wildman–Crippen LogP) is 3.86. The smallest absolute Gasteiger partial charge is 0.454 e. The van der Waals surface area contributed by atoms with E-state index in [4.69, 9.17) is 30.7 Å². The van der Waals surface area contributed by atoms with E-state index in [1.54, 1.807) is 0 Å². The summed E-state index contributed by atoms with van der Waals surface area (Å²) in [7, 11) is -8.92. The van der Waals surface area contributed by atoms with Gasteiger partial charge in [-0.15, -0.1) is 0 Å². The maximum Gasteiger partial charge on any atom is 0.529 e. The minimum Gasteiger partial charge on any atom is -0.454 e. The lowest BCUT2D eigenvalue weighted by atomic mass is 10.7. The predicted molar refractivity (Wildman–Crippen MR) is 136 cm³/mol. The van der Waals surface area contributed by atoms with Crippen molar-refractivity contribution in [3.63, 3.8) is 0 Å².